The van der Waals surface area contributed by atoms with Gasteiger partial charge in [-0.15, -0.1) is 24.0 Å². The SMILES string of the molecule is CN=C(NCCCc1ccccc1)NCCS(=O)C(C)(C)C.I. The quantitative estimate of drug-likeness (QED) is 0.290. The first-order valence-electron chi connectivity index (χ1n) is 7.80. The highest BCUT2D eigenvalue weighted by Gasteiger charge is 2.18. The zero-order valence-corrected chi connectivity index (χ0v) is 17.7. The highest BCUT2D eigenvalue weighted by atomic mass is 127. The number of nitrogens with zero attached hydrogens (tertiary/aromatic N) is 1. The smallest absolute Gasteiger partial charge is 0.191 e. The minimum atomic E-state index is -0.833. The molecule has 6 heteroatoms. The van der Waals surface area contributed by atoms with Gasteiger partial charge in [0, 0.05) is 41.4 Å². The zero-order chi connectivity index (χ0) is 16.4. The molecule has 0 aliphatic heterocycles. The molecule has 0 fully saturated rings. The van der Waals surface area contributed by atoms with Gasteiger partial charge in [-0.3, -0.25) is 9.20 Å². The van der Waals surface area contributed by atoms with E-state index in [1.807, 2.05) is 26.8 Å². The fraction of sp³-hybridized carbons (Fsp3) is 0.588. The van der Waals surface area contributed by atoms with Crippen LogP contribution < -0.4 is 10.6 Å². The molecule has 2 N–H and O–H groups in total. The number of hydrogen-bond donors (Lipinski definition) is 2. The normalized spacial score (nSPS) is 13.1. The Morgan fingerprint density at radius 3 is 2.30 bits per heavy atom. The van der Waals surface area contributed by atoms with Crippen LogP contribution in [0.15, 0.2) is 35.3 Å². The largest absolute Gasteiger partial charge is 0.356 e. The highest BCUT2D eigenvalue weighted by Crippen LogP contribution is 2.10. The molecular formula is C17H30IN3OS. The van der Waals surface area contributed by atoms with Crippen molar-refractivity contribution >= 4 is 40.7 Å². The molecule has 23 heavy (non-hydrogen) atoms. The fourth-order valence-corrected chi connectivity index (χ4v) is 2.83. The maximum absolute atomic E-state index is 12.0. The van der Waals surface area contributed by atoms with Crippen molar-refractivity contribution in [3.8, 4) is 0 Å². The van der Waals surface area contributed by atoms with Gasteiger partial charge in [0.05, 0.1) is 0 Å². The first kappa shape index (κ1) is 22.4. The van der Waals surface area contributed by atoms with Crippen LogP contribution in [0.1, 0.15) is 32.8 Å². The van der Waals surface area contributed by atoms with Crippen molar-refractivity contribution in [1.82, 2.24) is 10.6 Å². The van der Waals surface area contributed by atoms with E-state index >= 15 is 0 Å². The third kappa shape index (κ3) is 9.96. The molecule has 0 spiro atoms. The number of guanidine groups is 1. The summed E-state index contributed by atoms with van der Waals surface area (Å²) in [6.07, 6.45) is 2.11. The van der Waals surface area contributed by atoms with E-state index in [-0.39, 0.29) is 28.7 Å². The van der Waals surface area contributed by atoms with E-state index in [0.29, 0.717) is 12.3 Å². The standard InChI is InChI=1S/C17H29N3OS.HI/c1-17(2,3)22(21)14-13-20-16(18-4)19-12-8-11-15-9-6-5-7-10-15;/h5-7,9-10H,8,11-14H2,1-4H3,(H2,18,19,20);1H. The molecule has 1 unspecified atom stereocenters. The third-order valence-electron chi connectivity index (χ3n) is 3.26. The summed E-state index contributed by atoms with van der Waals surface area (Å²) < 4.78 is 11.8. The summed E-state index contributed by atoms with van der Waals surface area (Å²) in [6, 6.07) is 10.5. The van der Waals surface area contributed by atoms with E-state index in [2.05, 4.69) is 39.9 Å². The lowest BCUT2D eigenvalue weighted by Crippen LogP contribution is -2.40. The van der Waals surface area contributed by atoms with Crippen LogP contribution in [-0.4, -0.2) is 40.8 Å². The molecule has 0 amide bonds. The zero-order valence-electron chi connectivity index (χ0n) is 14.6. The van der Waals surface area contributed by atoms with Gasteiger partial charge in [0.15, 0.2) is 5.96 Å². The molecule has 1 atom stereocenters. The topological polar surface area (TPSA) is 53.5 Å². The molecule has 0 heterocycles. The lowest BCUT2D eigenvalue weighted by Gasteiger charge is -2.18. The Bertz CT molecular complexity index is 486. The molecule has 1 rings (SSSR count). The minimum Gasteiger partial charge on any atom is -0.356 e. The van der Waals surface area contributed by atoms with E-state index < -0.39 is 10.8 Å². The van der Waals surface area contributed by atoms with E-state index in [9.17, 15) is 4.21 Å². The number of aryl methyl sites for hydroxylation is 1. The van der Waals surface area contributed by atoms with Gasteiger partial charge in [-0.25, -0.2) is 0 Å². The van der Waals surface area contributed by atoms with Crippen LogP contribution in [0.25, 0.3) is 0 Å². The third-order valence-corrected chi connectivity index (χ3v) is 5.20. The average molecular weight is 451 g/mol. The summed E-state index contributed by atoms with van der Waals surface area (Å²) in [4.78, 5) is 4.19. The van der Waals surface area contributed by atoms with Gasteiger partial charge in [0.25, 0.3) is 0 Å². The predicted octanol–water partition coefficient (Wildman–Crippen LogP) is 2.95. The van der Waals surface area contributed by atoms with Gasteiger partial charge < -0.3 is 10.6 Å². The lowest BCUT2D eigenvalue weighted by molar-refractivity contribution is 0.646. The second kappa shape index (κ2) is 11.8. The van der Waals surface area contributed by atoms with Crippen LogP contribution in [0, 0.1) is 0 Å². The van der Waals surface area contributed by atoms with Gasteiger partial charge >= 0.3 is 0 Å². The van der Waals surface area contributed by atoms with Crippen LogP contribution in [0.2, 0.25) is 0 Å². The number of rotatable bonds is 7. The molecule has 0 radical (unpaired) electrons. The number of halogens is 1. The summed E-state index contributed by atoms with van der Waals surface area (Å²) >= 11 is 0. The van der Waals surface area contributed by atoms with Crippen LogP contribution in [0.5, 0.6) is 0 Å². The van der Waals surface area contributed by atoms with Crippen molar-refractivity contribution in [1.29, 1.82) is 0 Å². The summed E-state index contributed by atoms with van der Waals surface area (Å²) in [5, 5.41) is 6.51. The maximum atomic E-state index is 12.0. The molecule has 132 valence electrons. The Hall–Kier alpha value is -0.630. The molecule has 0 aromatic heterocycles. The van der Waals surface area contributed by atoms with Crippen LogP contribution in [0.4, 0.5) is 0 Å². The van der Waals surface area contributed by atoms with Gasteiger partial charge in [-0.1, -0.05) is 30.3 Å². The fourth-order valence-electron chi connectivity index (χ4n) is 1.93. The first-order chi connectivity index (χ1) is 10.4. The monoisotopic (exact) mass is 451 g/mol. The number of nitrogens with one attached hydrogen (secondary N) is 2. The maximum Gasteiger partial charge on any atom is 0.191 e. The highest BCUT2D eigenvalue weighted by molar-refractivity contribution is 14.0. The molecule has 4 nitrogen and oxygen atoms in total. The van der Waals surface area contributed by atoms with Gasteiger partial charge in [-0.05, 0) is 39.2 Å². The summed E-state index contributed by atoms with van der Waals surface area (Å²) in [6.45, 7) is 7.54. The van der Waals surface area contributed by atoms with Crippen molar-refractivity contribution in [2.45, 2.75) is 38.4 Å². The molecule has 1 aromatic carbocycles. The van der Waals surface area contributed by atoms with Crippen molar-refractivity contribution in [2.75, 3.05) is 25.9 Å². The van der Waals surface area contributed by atoms with Crippen molar-refractivity contribution in [3.05, 3.63) is 35.9 Å². The Balaban J connectivity index is 0.00000484. The summed E-state index contributed by atoms with van der Waals surface area (Å²) in [7, 11) is 0.924. The Morgan fingerprint density at radius 1 is 1.13 bits per heavy atom. The number of hydrogen-bond acceptors (Lipinski definition) is 2. The van der Waals surface area contributed by atoms with Gasteiger partial charge in [0.1, 0.15) is 0 Å². The van der Waals surface area contributed by atoms with Crippen molar-refractivity contribution in [3.63, 3.8) is 0 Å². The van der Waals surface area contributed by atoms with Crippen molar-refractivity contribution in [2.24, 2.45) is 4.99 Å². The van der Waals surface area contributed by atoms with Crippen LogP contribution in [0.3, 0.4) is 0 Å². The van der Waals surface area contributed by atoms with E-state index in [0.717, 1.165) is 25.3 Å². The van der Waals surface area contributed by atoms with Crippen LogP contribution in [-0.2, 0) is 17.2 Å². The number of aliphatic imine (C=N–C) groups is 1. The van der Waals surface area contributed by atoms with E-state index in [1.165, 1.54) is 5.56 Å². The van der Waals surface area contributed by atoms with E-state index in [1.54, 1.807) is 7.05 Å². The minimum absolute atomic E-state index is 0. The Morgan fingerprint density at radius 2 is 1.74 bits per heavy atom. The van der Waals surface area contributed by atoms with Gasteiger partial charge in [0.2, 0.25) is 0 Å². The predicted molar refractivity (Wildman–Crippen MR) is 112 cm³/mol. The van der Waals surface area contributed by atoms with Crippen molar-refractivity contribution < 1.29 is 4.21 Å². The first-order valence-corrected chi connectivity index (χ1v) is 9.12. The Kier molecular flexibility index (Phi) is 11.5. The molecule has 0 saturated carbocycles. The Labute approximate surface area is 160 Å². The summed E-state index contributed by atoms with van der Waals surface area (Å²) in [5.41, 5.74) is 1.35. The lowest BCUT2D eigenvalue weighted by atomic mass is 10.1. The molecule has 1 aromatic rings. The molecule has 0 aliphatic rings. The van der Waals surface area contributed by atoms with Crippen LogP contribution >= 0.6 is 24.0 Å². The second-order valence-corrected chi connectivity index (χ2v) is 8.50. The molecular weight excluding hydrogens is 421 g/mol. The molecule has 0 bridgehead atoms. The average Bonchev–Trinajstić information content (AvgIpc) is 2.49. The second-order valence-electron chi connectivity index (χ2n) is 6.18. The van der Waals surface area contributed by atoms with E-state index in [4.69, 9.17) is 0 Å². The molecule has 0 saturated heterocycles. The molecule has 0 aliphatic carbocycles. The number of benzene rings is 1. The van der Waals surface area contributed by atoms with Gasteiger partial charge in [-0.2, -0.15) is 0 Å². The summed E-state index contributed by atoms with van der Waals surface area (Å²) in [5.74, 6) is 1.41.